The van der Waals surface area contributed by atoms with Crippen LogP contribution in [0.15, 0.2) is 62.5 Å². The van der Waals surface area contributed by atoms with Gasteiger partial charge in [-0.25, -0.2) is 4.98 Å². The third-order valence-corrected chi connectivity index (χ3v) is 7.56. The lowest BCUT2D eigenvalue weighted by Crippen LogP contribution is -2.29. The first kappa shape index (κ1) is 21.8. The monoisotopic (exact) mass is 470 g/mol. The summed E-state index contributed by atoms with van der Waals surface area (Å²) in [5, 5.41) is 1.54. The first-order chi connectivity index (χ1) is 15.7. The summed E-state index contributed by atoms with van der Waals surface area (Å²) in [6, 6.07) is 7.77. The van der Waals surface area contributed by atoms with Crippen LogP contribution in [0.25, 0.3) is 0 Å². The number of amides is 1. The summed E-state index contributed by atoms with van der Waals surface area (Å²) in [6.07, 6.45) is 11.0. The Morgan fingerprint density at radius 1 is 1.12 bits per heavy atom. The molecule has 1 unspecified atom stereocenters. The Bertz CT molecular complexity index is 1020. The number of halogens is 1. The van der Waals surface area contributed by atoms with Gasteiger partial charge in [-0.15, -0.1) is 0 Å². The summed E-state index contributed by atoms with van der Waals surface area (Å²) in [6.45, 7) is 3.23. The van der Waals surface area contributed by atoms with Crippen molar-refractivity contribution in [2.75, 3.05) is 26.3 Å². The molecule has 1 aromatic heterocycles. The van der Waals surface area contributed by atoms with Gasteiger partial charge in [0.15, 0.2) is 11.0 Å². The minimum Gasteiger partial charge on any atom is -0.434 e. The Morgan fingerprint density at radius 2 is 1.88 bits per heavy atom. The van der Waals surface area contributed by atoms with Crippen molar-refractivity contribution < 1.29 is 13.9 Å². The smallest absolute Gasteiger partial charge is 0.253 e. The number of allylic oxidation sites excluding steroid dienone is 2. The van der Waals surface area contributed by atoms with Gasteiger partial charge in [0.25, 0.3) is 5.91 Å². The second-order valence-electron chi connectivity index (χ2n) is 8.53. The Balaban J connectivity index is 1.38. The van der Waals surface area contributed by atoms with Crippen LogP contribution in [-0.2, 0) is 9.53 Å². The molecule has 1 aliphatic carbocycles. The van der Waals surface area contributed by atoms with Crippen molar-refractivity contribution in [3.63, 3.8) is 0 Å². The summed E-state index contributed by atoms with van der Waals surface area (Å²) in [4.78, 5) is 20.7. The Morgan fingerprint density at radius 3 is 2.56 bits per heavy atom. The number of hydrogen-bond donors (Lipinski definition) is 0. The van der Waals surface area contributed by atoms with Gasteiger partial charge in [0.2, 0.25) is 0 Å². The molecule has 3 heterocycles. The van der Waals surface area contributed by atoms with Gasteiger partial charge in [-0.05, 0) is 56.4 Å². The fraction of sp³-hybridized carbons (Fsp3) is 0.440. The van der Waals surface area contributed by atoms with E-state index in [0.717, 1.165) is 85.6 Å². The van der Waals surface area contributed by atoms with E-state index >= 15 is 0 Å². The maximum Gasteiger partial charge on any atom is 0.253 e. The highest BCUT2D eigenvalue weighted by Gasteiger charge is 2.29. The zero-order valence-corrected chi connectivity index (χ0v) is 19.5. The molecule has 7 heteroatoms. The van der Waals surface area contributed by atoms with E-state index < -0.39 is 0 Å². The quantitative estimate of drug-likeness (QED) is 0.539. The van der Waals surface area contributed by atoms with Gasteiger partial charge in [-0.3, -0.25) is 4.79 Å². The maximum atomic E-state index is 12.7. The minimum absolute atomic E-state index is 0.0947. The topological polar surface area (TPSA) is 55.6 Å². The van der Waals surface area contributed by atoms with Crippen molar-refractivity contribution in [2.24, 2.45) is 0 Å². The Kier molecular flexibility index (Phi) is 6.72. The van der Waals surface area contributed by atoms with Crippen molar-refractivity contribution >= 4 is 29.3 Å². The van der Waals surface area contributed by atoms with E-state index in [4.69, 9.17) is 25.7 Å². The zero-order valence-electron chi connectivity index (χ0n) is 18.0. The van der Waals surface area contributed by atoms with Gasteiger partial charge in [0.05, 0.1) is 0 Å². The first-order valence-corrected chi connectivity index (χ1v) is 12.6. The van der Waals surface area contributed by atoms with E-state index in [9.17, 15) is 4.79 Å². The number of rotatable bonds is 5. The van der Waals surface area contributed by atoms with Crippen LogP contribution in [0.2, 0.25) is 5.02 Å². The molecule has 0 saturated carbocycles. The van der Waals surface area contributed by atoms with E-state index in [-0.39, 0.29) is 17.7 Å². The predicted molar refractivity (Wildman–Crippen MR) is 125 cm³/mol. The Labute approximate surface area is 197 Å². The molecule has 1 amide bonds. The number of nitrogens with zero attached hydrogens (tertiary/aromatic N) is 2. The number of carbonyl (C=O) groups is 1. The van der Waals surface area contributed by atoms with Crippen molar-refractivity contribution in [3.8, 4) is 0 Å². The molecular formula is C25H27ClN2O3S. The average Bonchev–Trinajstić information content (AvgIpc) is 3.52. The van der Waals surface area contributed by atoms with Crippen molar-refractivity contribution in [1.29, 1.82) is 0 Å². The van der Waals surface area contributed by atoms with Crippen molar-refractivity contribution in [2.45, 2.75) is 53.9 Å². The van der Waals surface area contributed by atoms with Crippen LogP contribution in [-0.4, -0.2) is 42.1 Å². The van der Waals surface area contributed by atoms with Gasteiger partial charge in [0, 0.05) is 53.6 Å². The molecule has 5 rings (SSSR count). The van der Waals surface area contributed by atoms with Gasteiger partial charge in [-0.2, -0.15) is 0 Å². The van der Waals surface area contributed by atoms with Crippen LogP contribution in [0.4, 0.5) is 0 Å². The van der Waals surface area contributed by atoms with Crippen molar-refractivity contribution in [1.82, 2.24) is 9.88 Å². The predicted octanol–water partition coefficient (Wildman–Crippen LogP) is 5.97. The first-order valence-electron chi connectivity index (χ1n) is 11.4. The second kappa shape index (κ2) is 9.86. The van der Waals surface area contributed by atoms with Gasteiger partial charge in [-0.1, -0.05) is 41.6 Å². The number of oxazole rings is 1. The number of aromatic nitrogens is 1. The highest BCUT2D eigenvalue weighted by molar-refractivity contribution is 7.99. The molecule has 168 valence electrons. The third-order valence-electron chi connectivity index (χ3n) is 6.32. The second-order valence-corrected chi connectivity index (χ2v) is 10.0. The molecule has 2 aromatic rings. The zero-order chi connectivity index (χ0) is 21.9. The largest absolute Gasteiger partial charge is 0.434 e. The highest BCUT2D eigenvalue weighted by Crippen LogP contribution is 2.40. The van der Waals surface area contributed by atoms with Crippen LogP contribution in [0.5, 0.6) is 0 Å². The number of hydrogen-bond acceptors (Lipinski definition) is 5. The summed E-state index contributed by atoms with van der Waals surface area (Å²) in [5.74, 6) is 1.34. The molecule has 3 aliphatic rings. The fourth-order valence-electron chi connectivity index (χ4n) is 4.46. The fourth-order valence-corrected chi connectivity index (χ4v) is 5.50. The van der Waals surface area contributed by atoms with E-state index in [1.165, 1.54) is 0 Å². The summed E-state index contributed by atoms with van der Waals surface area (Å²) < 4.78 is 11.8. The molecule has 0 spiro atoms. The van der Waals surface area contributed by atoms with Crippen molar-refractivity contribution in [3.05, 3.63) is 64.7 Å². The molecule has 32 heavy (non-hydrogen) atoms. The standard InChI is InChI=1S/C25H27ClN2O3S/c26-20-7-9-21(10-8-20)32-25-22(27-23(31-25)18-11-15-30-16-12-18)17-3-5-19(6-4-17)24(29)28-13-1-2-14-28/h3,5-10,17-18H,1-2,4,11-16H2. The molecular weight excluding hydrogens is 444 g/mol. The minimum atomic E-state index is 0.0947. The number of ether oxygens (including phenoxy) is 1. The molecule has 1 atom stereocenters. The SMILES string of the molecule is O=C(C1=CCC(c2nc(C3CCOCC3)oc2Sc2ccc(Cl)cc2)C=C1)N1CCCC1. The maximum absolute atomic E-state index is 12.7. The molecule has 1 aromatic carbocycles. The summed E-state index contributed by atoms with van der Waals surface area (Å²) in [5.41, 5.74) is 1.75. The molecule has 2 aliphatic heterocycles. The normalized spacial score (nSPS) is 21.7. The van der Waals surface area contributed by atoms with E-state index in [2.05, 4.69) is 12.2 Å². The molecule has 0 N–H and O–H groups in total. The van der Waals surface area contributed by atoms with Crippen LogP contribution >= 0.6 is 23.4 Å². The molecule has 2 saturated heterocycles. The Hall–Kier alpha value is -2.02. The van der Waals surface area contributed by atoms with E-state index in [1.54, 1.807) is 11.8 Å². The molecule has 0 radical (unpaired) electrons. The van der Waals surface area contributed by atoms with Crippen LogP contribution < -0.4 is 0 Å². The molecule has 5 nitrogen and oxygen atoms in total. The summed E-state index contributed by atoms with van der Waals surface area (Å²) >= 11 is 7.64. The van der Waals surface area contributed by atoms with Crippen LogP contribution in [0.3, 0.4) is 0 Å². The lowest BCUT2D eigenvalue weighted by Gasteiger charge is -2.20. The third kappa shape index (κ3) is 4.82. The molecule has 0 bridgehead atoms. The van der Waals surface area contributed by atoms with Gasteiger partial charge >= 0.3 is 0 Å². The van der Waals surface area contributed by atoms with Gasteiger partial charge in [0.1, 0.15) is 5.69 Å². The lowest BCUT2D eigenvalue weighted by molar-refractivity contribution is -0.125. The highest BCUT2D eigenvalue weighted by atomic mass is 35.5. The van der Waals surface area contributed by atoms with Crippen LogP contribution in [0, 0.1) is 0 Å². The lowest BCUT2D eigenvalue weighted by atomic mass is 9.93. The van der Waals surface area contributed by atoms with Gasteiger partial charge < -0.3 is 14.1 Å². The summed E-state index contributed by atoms with van der Waals surface area (Å²) in [7, 11) is 0. The van der Waals surface area contributed by atoms with E-state index in [1.807, 2.05) is 35.2 Å². The number of carbonyl (C=O) groups excluding carboxylic acids is 1. The van der Waals surface area contributed by atoms with Crippen LogP contribution in [0.1, 0.15) is 55.5 Å². The average molecular weight is 471 g/mol. The number of likely N-dealkylation sites (tertiary alicyclic amines) is 1. The number of benzene rings is 1. The van der Waals surface area contributed by atoms with E-state index in [0.29, 0.717) is 5.02 Å². The molecule has 2 fully saturated rings.